The smallest absolute Gasteiger partial charge is 0.256 e. The molecular weight excluding hydrogens is 379 g/mol. The summed E-state index contributed by atoms with van der Waals surface area (Å²) in [6, 6.07) is 12.6. The SMILES string of the molecule is CNC(=O)c1ccc(NC(=O)c2ccccc2I)c(C)c1. The highest BCUT2D eigenvalue weighted by Gasteiger charge is 2.12. The van der Waals surface area contributed by atoms with E-state index >= 15 is 0 Å². The molecule has 2 N–H and O–H groups in total. The Morgan fingerprint density at radius 2 is 1.76 bits per heavy atom. The van der Waals surface area contributed by atoms with Crippen LogP contribution in [0.4, 0.5) is 5.69 Å². The Hall–Kier alpha value is -1.89. The summed E-state index contributed by atoms with van der Waals surface area (Å²) in [6.07, 6.45) is 0. The Kier molecular flexibility index (Phi) is 4.95. The molecule has 0 unspecified atom stereocenters. The molecule has 0 aromatic heterocycles. The van der Waals surface area contributed by atoms with Crippen molar-refractivity contribution in [3.8, 4) is 0 Å². The number of nitrogens with one attached hydrogen (secondary N) is 2. The Morgan fingerprint density at radius 3 is 2.38 bits per heavy atom. The Morgan fingerprint density at radius 1 is 1.05 bits per heavy atom. The fourth-order valence-electron chi connectivity index (χ4n) is 1.92. The van der Waals surface area contributed by atoms with Gasteiger partial charge >= 0.3 is 0 Å². The number of carbonyl (C=O) groups is 2. The van der Waals surface area contributed by atoms with Gasteiger partial charge in [-0.05, 0) is 65.4 Å². The summed E-state index contributed by atoms with van der Waals surface area (Å²) in [6.45, 7) is 1.86. The Balaban J connectivity index is 2.22. The summed E-state index contributed by atoms with van der Waals surface area (Å²) in [7, 11) is 1.59. The molecule has 2 aromatic rings. The molecule has 0 aliphatic rings. The van der Waals surface area contributed by atoms with Gasteiger partial charge in [0.25, 0.3) is 11.8 Å². The van der Waals surface area contributed by atoms with E-state index in [9.17, 15) is 9.59 Å². The molecule has 0 spiro atoms. The maximum atomic E-state index is 12.3. The Labute approximate surface area is 137 Å². The molecule has 0 saturated heterocycles. The number of amides is 2. The third kappa shape index (κ3) is 3.60. The molecule has 0 aliphatic heterocycles. The number of rotatable bonds is 3. The summed E-state index contributed by atoms with van der Waals surface area (Å²) in [5, 5.41) is 5.45. The van der Waals surface area contributed by atoms with E-state index in [0.29, 0.717) is 16.8 Å². The van der Waals surface area contributed by atoms with E-state index in [1.807, 2.05) is 25.1 Å². The molecule has 2 aromatic carbocycles. The van der Waals surface area contributed by atoms with Crippen LogP contribution in [0.3, 0.4) is 0 Å². The molecule has 108 valence electrons. The second-order valence-electron chi connectivity index (χ2n) is 4.54. The summed E-state index contributed by atoms with van der Waals surface area (Å²) in [4.78, 5) is 23.8. The number of halogens is 1. The first-order chi connectivity index (χ1) is 10.0. The monoisotopic (exact) mass is 394 g/mol. The zero-order chi connectivity index (χ0) is 15.4. The van der Waals surface area contributed by atoms with Crippen LogP contribution in [-0.2, 0) is 0 Å². The number of aryl methyl sites for hydroxylation is 1. The third-order valence-electron chi connectivity index (χ3n) is 3.08. The lowest BCUT2D eigenvalue weighted by atomic mass is 10.1. The van der Waals surface area contributed by atoms with Crippen LogP contribution in [0, 0.1) is 10.5 Å². The second kappa shape index (κ2) is 6.71. The molecule has 5 heteroatoms. The van der Waals surface area contributed by atoms with Crippen molar-refractivity contribution in [2.24, 2.45) is 0 Å². The first kappa shape index (κ1) is 15.5. The molecule has 21 heavy (non-hydrogen) atoms. The lowest BCUT2D eigenvalue weighted by molar-refractivity contribution is 0.0962. The normalized spacial score (nSPS) is 10.0. The van der Waals surface area contributed by atoms with Gasteiger partial charge in [0.1, 0.15) is 0 Å². The number of benzene rings is 2. The van der Waals surface area contributed by atoms with E-state index in [-0.39, 0.29) is 11.8 Å². The number of anilines is 1. The number of hydrogen-bond acceptors (Lipinski definition) is 2. The van der Waals surface area contributed by atoms with Crippen LogP contribution in [0.2, 0.25) is 0 Å². The van der Waals surface area contributed by atoms with Crippen molar-refractivity contribution in [2.45, 2.75) is 6.92 Å². The predicted octanol–water partition coefficient (Wildman–Crippen LogP) is 3.21. The van der Waals surface area contributed by atoms with Crippen molar-refractivity contribution < 1.29 is 9.59 Å². The minimum absolute atomic E-state index is 0.145. The molecule has 0 aliphatic carbocycles. The van der Waals surface area contributed by atoms with E-state index in [1.54, 1.807) is 31.3 Å². The van der Waals surface area contributed by atoms with Gasteiger partial charge in [-0.2, -0.15) is 0 Å². The molecule has 2 amide bonds. The molecule has 0 radical (unpaired) electrons. The molecule has 0 bridgehead atoms. The van der Waals surface area contributed by atoms with Crippen molar-refractivity contribution in [1.82, 2.24) is 5.32 Å². The van der Waals surface area contributed by atoms with Gasteiger partial charge in [0, 0.05) is 21.9 Å². The molecule has 2 rings (SSSR count). The average molecular weight is 394 g/mol. The van der Waals surface area contributed by atoms with Gasteiger partial charge in [-0.1, -0.05) is 12.1 Å². The zero-order valence-corrected chi connectivity index (χ0v) is 13.9. The van der Waals surface area contributed by atoms with Crippen molar-refractivity contribution in [3.05, 3.63) is 62.7 Å². The van der Waals surface area contributed by atoms with Gasteiger partial charge in [0.15, 0.2) is 0 Å². The van der Waals surface area contributed by atoms with Gasteiger partial charge in [-0.25, -0.2) is 0 Å². The molecule has 4 nitrogen and oxygen atoms in total. The highest BCUT2D eigenvalue weighted by atomic mass is 127. The highest BCUT2D eigenvalue weighted by molar-refractivity contribution is 14.1. The molecule has 0 atom stereocenters. The van der Waals surface area contributed by atoms with Crippen LogP contribution in [0.15, 0.2) is 42.5 Å². The average Bonchev–Trinajstić information content (AvgIpc) is 2.48. The molecule has 0 saturated carbocycles. The first-order valence-corrected chi connectivity index (χ1v) is 7.49. The van der Waals surface area contributed by atoms with Gasteiger partial charge in [0.2, 0.25) is 0 Å². The van der Waals surface area contributed by atoms with Gasteiger partial charge in [-0.15, -0.1) is 0 Å². The van der Waals surface area contributed by atoms with Crippen molar-refractivity contribution in [3.63, 3.8) is 0 Å². The van der Waals surface area contributed by atoms with E-state index in [0.717, 1.165) is 9.13 Å². The largest absolute Gasteiger partial charge is 0.355 e. The second-order valence-corrected chi connectivity index (χ2v) is 5.70. The van der Waals surface area contributed by atoms with Gasteiger partial charge in [-0.3, -0.25) is 9.59 Å². The third-order valence-corrected chi connectivity index (χ3v) is 4.02. The van der Waals surface area contributed by atoms with Crippen molar-refractivity contribution in [2.75, 3.05) is 12.4 Å². The summed E-state index contributed by atoms with van der Waals surface area (Å²) in [5.41, 5.74) is 2.75. The lowest BCUT2D eigenvalue weighted by Gasteiger charge is -2.10. The minimum Gasteiger partial charge on any atom is -0.355 e. The topological polar surface area (TPSA) is 58.2 Å². The minimum atomic E-state index is -0.157. The zero-order valence-electron chi connectivity index (χ0n) is 11.7. The van der Waals surface area contributed by atoms with E-state index in [4.69, 9.17) is 0 Å². The van der Waals surface area contributed by atoms with Crippen LogP contribution in [0.1, 0.15) is 26.3 Å². The Bertz CT molecular complexity index is 698. The highest BCUT2D eigenvalue weighted by Crippen LogP contribution is 2.19. The van der Waals surface area contributed by atoms with Crippen LogP contribution >= 0.6 is 22.6 Å². The summed E-state index contributed by atoms with van der Waals surface area (Å²) < 4.78 is 0.896. The number of hydrogen-bond donors (Lipinski definition) is 2. The first-order valence-electron chi connectivity index (χ1n) is 6.41. The van der Waals surface area contributed by atoms with Crippen LogP contribution in [0.25, 0.3) is 0 Å². The molecule has 0 heterocycles. The molecule has 0 fully saturated rings. The lowest BCUT2D eigenvalue weighted by Crippen LogP contribution is -2.18. The van der Waals surface area contributed by atoms with Crippen LogP contribution in [0.5, 0.6) is 0 Å². The molecular formula is C16H15IN2O2. The van der Waals surface area contributed by atoms with Crippen LogP contribution < -0.4 is 10.6 Å². The summed E-state index contributed by atoms with van der Waals surface area (Å²) in [5.74, 6) is -0.302. The van der Waals surface area contributed by atoms with Gasteiger partial charge in [0.05, 0.1) is 5.56 Å². The number of carbonyl (C=O) groups excluding carboxylic acids is 2. The van der Waals surface area contributed by atoms with E-state index in [1.165, 1.54) is 0 Å². The van der Waals surface area contributed by atoms with E-state index < -0.39 is 0 Å². The van der Waals surface area contributed by atoms with Crippen molar-refractivity contribution in [1.29, 1.82) is 0 Å². The standard InChI is InChI=1S/C16H15IN2O2/c1-10-9-11(15(20)18-2)7-8-14(10)19-16(21)12-5-3-4-6-13(12)17/h3-9H,1-2H3,(H,18,20)(H,19,21). The fourth-order valence-corrected chi connectivity index (χ4v) is 2.56. The summed E-state index contributed by atoms with van der Waals surface area (Å²) >= 11 is 2.13. The maximum absolute atomic E-state index is 12.3. The fraction of sp³-hybridized carbons (Fsp3) is 0.125. The van der Waals surface area contributed by atoms with Crippen LogP contribution in [-0.4, -0.2) is 18.9 Å². The van der Waals surface area contributed by atoms with E-state index in [2.05, 4.69) is 33.2 Å². The van der Waals surface area contributed by atoms with Gasteiger partial charge < -0.3 is 10.6 Å². The van der Waals surface area contributed by atoms with Crippen molar-refractivity contribution >= 4 is 40.1 Å². The quantitative estimate of drug-likeness (QED) is 0.786. The predicted molar refractivity (Wildman–Crippen MR) is 91.7 cm³/mol. The maximum Gasteiger partial charge on any atom is 0.256 e.